The largest absolute Gasteiger partial charge is 0.394 e. The average molecular weight is 298 g/mol. The van der Waals surface area contributed by atoms with Crippen molar-refractivity contribution in [3.63, 3.8) is 0 Å². The van der Waals surface area contributed by atoms with E-state index in [9.17, 15) is 5.11 Å². The molecular formula is C14H20ClN3O2. The lowest BCUT2D eigenvalue weighted by Crippen LogP contribution is -2.48. The maximum absolute atomic E-state index is 9.34. The van der Waals surface area contributed by atoms with E-state index in [0.717, 1.165) is 36.6 Å². The van der Waals surface area contributed by atoms with Gasteiger partial charge in [0.1, 0.15) is 16.8 Å². The molecule has 5 nitrogen and oxygen atoms in total. The monoisotopic (exact) mass is 297 g/mol. The van der Waals surface area contributed by atoms with E-state index in [1.165, 1.54) is 0 Å². The molecule has 1 saturated heterocycles. The number of hydrogen-bond acceptors (Lipinski definition) is 5. The van der Waals surface area contributed by atoms with E-state index < -0.39 is 0 Å². The highest BCUT2D eigenvalue weighted by atomic mass is 35.5. The van der Waals surface area contributed by atoms with Gasteiger partial charge in [0.25, 0.3) is 0 Å². The van der Waals surface area contributed by atoms with Gasteiger partial charge >= 0.3 is 0 Å². The summed E-state index contributed by atoms with van der Waals surface area (Å²) in [5.74, 6) is 2.22. The third-order valence-corrected chi connectivity index (χ3v) is 4.22. The maximum Gasteiger partial charge on any atom is 0.137 e. The van der Waals surface area contributed by atoms with Crippen molar-refractivity contribution in [2.45, 2.75) is 44.8 Å². The smallest absolute Gasteiger partial charge is 0.137 e. The fraction of sp³-hybridized carbons (Fsp3) is 0.714. The quantitative estimate of drug-likeness (QED) is 0.864. The van der Waals surface area contributed by atoms with Gasteiger partial charge in [-0.2, -0.15) is 0 Å². The zero-order valence-corrected chi connectivity index (χ0v) is 12.6. The number of hydrogen-bond donors (Lipinski definition) is 1. The summed E-state index contributed by atoms with van der Waals surface area (Å²) in [5.41, 5.74) is 0.904. The Morgan fingerprint density at radius 2 is 2.10 bits per heavy atom. The van der Waals surface area contributed by atoms with Crippen LogP contribution in [0, 0.1) is 6.92 Å². The molecule has 3 rings (SSSR count). The molecule has 2 atom stereocenters. The average Bonchev–Trinajstić information content (AvgIpc) is 3.25. The van der Waals surface area contributed by atoms with Gasteiger partial charge in [0.2, 0.25) is 0 Å². The molecule has 2 fully saturated rings. The van der Waals surface area contributed by atoms with Crippen LogP contribution in [-0.2, 0) is 4.74 Å². The van der Waals surface area contributed by atoms with Crippen molar-refractivity contribution in [3.8, 4) is 0 Å². The van der Waals surface area contributed by atoms with E-state index in [1.54, 1.807) is 0 Å². The van der Waals surface area contributed by atoms with Gasteiger partial charge in [-0.3, -0.25) is 0 Å². The topological polar surface area (TPSA) is 58.5 Å². The maximum atomic E-state index is 9.34. The van der Waals surface area contributed by atoms with Gasteiger partial charge in [-0.1, -0.05) is 11.6 Å². The fourth-order valence-corrected chi connectivity index (χ4v) is 2.82. The van der Waals surface area contributed by atoms with E-state index in [1.807, 2.05) is 13.8 Å². The van der Waals surface area contributed by atoms with Crippen LogP contribution in [0.2, 0.25) is 5.15 Å². The Hall–Kier alpha value is -0.910. The lowest BCUT2D eigenvalue weighted by atomic mass is 10.2. The number of anilines is 1. The van der Waals surface area contributed by atoms with E-state index in [4.69, 9.17) is 21.3 Å². The number of rotatable bonds is 3. The molecule has 1 aliphatic carbocycles. The van der Waals surface area contributed by atoms with E-state index >= 15 is 0 Å². The highest BCUT2D eigenvalue weighted by molar-refractivity contribution is 6.30. The Morgan fingerprint density at radius 1 is 1.35 bits per heavy atom. The summed E-state index contributed by atoms with van der Waals surface area (Å²) < 4.78 is 5.68. The van der Waals surface area contributed by atoms with Crippen molar-refractivity contribution in [1.29, 1.82) is 0 Å². The molecule has 1 saturated carbocycles. The molecule has 0 radical (unpaired) electrons. The molecule has 2 unspecified atom stereocenters. The van der Waals surface area contributed by atoms with Crippen molar-refractivity contribution in [2.75, 3.05) is 24.6 Å². The first kappa shape index (κ1) is 14.0. The van der Waals surface area contributed by atoms with Crippen LogP contribution in [-0.4, -0.2) is 47.0 Å². The minimum atomic E-state index is -0.170. The van der Waals surface area contributed by atoms with Gasteiger partial charge in [0.15, 0.2) is 0 Å². The Balaban J connectivity index is 1.91. The van der Waals surface area contributed by atoms with Gasteiger partial charge in [-0.05, 0) is 26.7 Å². The Bertz CT molecular complexity index is 507. The third kappa shape index (κ3) is 2.75. The summed E-state index contributed by atoms with van der Waals surface area (Å²) >= 11 is 6.26. The van der Waals surface area contributed by atoms with Gasteiger partial charge in [0, 0.05) is 24.6 Å². The SMILES string of the molecule is Cc1c(Cl)nc(C2CC2)nc1N1CC(C)OC(CO)C1. The van der Waals surface area contributed by atoms with Crippen LogP contribution in [0.5, 0.6) is 0 Å². The second-order valence-electron chi connectivity index (χ2n) is 5.75. The number of nitrogens with zero attached hydrogens (tertiary/aromatic N) is 3. The van der Waals surface area contributed by atoms with E-state index in [-0.39, 0.29) is 18.8 Å². The van der Waals surface area contributed by atoms with Crippen molar-refractivity contribution < 1.29 is 9.84 Å². The summed E-state index contributed by atoms with van der Waals surface area (Å²) in [4.78, 5) is 11.3. The molecule has 1 N–H and O–H groups in total. The summed E-state index contributed by atoms with van der Waals surface area (Å²) in [6.45, 7) is 5.37. The van der Waals surface area contributed by atoms with Gasteiger partial charge in [-0.25, -0.2) is 9.97 Å². The minimum Gasteiger partial charge on any atom is -0.394 e. The molecule has 20 heavy (non-hydrogen) atoms. The standard InChI is InChI=1S/C14H20ClN3O2/c1-8-5-18(6-11(7-19)20-8)14-9(2)12(15)16-13(17-14)10-3-4-10/h8,10-11,19H,3-7H2,1-2H3. The zero-order valence-electron chi connectivity index (χ0n) is 11.8. The first-order valence-electron chi connectivity index (χ1n) is 7.13. The van der Waals surface area contributed by atoms with Crippen molar-refractivity contribution >= 4 is 17.4 Å². The normalized spacial score (nSPS) is 26.9. The second kappa shape index (κ2) is 5.47. The van der Waals surface area contributed by atoms with E-state index in [2.05, 4.69) is 9.88 Å². The molecule has 0 spiro atoms. The van der Waals surface area contributed by atoms with Gasteiger partial charge in [0.05, 0.1) is 18.8 Å². The Kier molecular flexibility index (Phi) is 3.84. The lowest BCUT2D eigenvalue weighted by Gasteiger charge is -2.37. The summed E-state index contributed by atoms with van der Waals surface area (Å²) in [5, 5.41) is 9.88. The van der Waals surface area contributed by atoms with Gasteiger partial charge < -0.3 is 14.7 Å². The number of aliphatic hydroxyl groups is 1. The number of halogens is 1. The van der Waals surface area contributed by atoms with Crippen molar-refractivity contribution in [3.05, 3.63) is 16.5 Å². The first-order chi connectivity index (χ1) is 9.58. The van der Waals surface area contributed by atoms with Crippen LogP contribution >= 0.6 is 11.6 Å². The van der Waals surface area contributed by atoms with Crippen LogP contribution in [0.1, 0.15) is 37.1 Å². The molecule has 1 aromatic rings. The number of aromatic nitrogens is 2. The predicted molar refractivity (Wildman–Crippen MR) is 77.4 cm³/mol. The molecule has 2 heterocycles. The summed E-state index contributed by atoms with van der Waals surface area (Å²) in [7, 11) is 0. The Morgan fingerprint density at radius 3 is 2.75 bits per heavy atom. The van der Waals surface area contributed by atoms with Crippen molar-refractivity contribution in [2.24, 2.45) is 0 Å². The van der Waals surface area contributed by atoms with Crippen molar-refractivity contribution in [1.82, 2.24) is 9.97 Å². The first-order valence-corrected chi connectivity index (χ1v) is 7.51. The molecule has 1 aromatic heterocycles. The van der Waals surface area contributed by atoms with E-state index in [0.29, 0.717) is 17.6 Å². The predicted octanol–water partition coefficient (Wildman–Crippen LogP) is 1.90. The summed E-state index contributed by atoms with van der Waals surface area (Å²) in [6.07, 6.45) is 2.20. The number of morpholine rings is 1. The van der Waals surface area contributed by atoms with Gasteiger partial charge in [-0.15, -0.1) is 0 Å². The zero-order chi connectivity index (χ0) is 14.3. The highest BCUT2D eigenvalue weighted by Crippen LogP contribution is 2.40. The number of aliphatic hydroxyl groups excluding tert-OH is 1. The third-order valence-electron chi connectivity index (χ3n) is 3.85. The molecule has 0 amide bonds. The molecule has 2 aliphatic rings. The molecule has 0 aromatic carbocycles. The highest BCUT2D eigenvalue weighted by Gasteiger charge is 2.31. The lowest BCUT2D eigenvalue weighted by molar-refractivity contribution is -0.0423. The van der Waals surface area contributed by atoms with Crippen LogP contribution < -0.4 is 4.90 Å². The molecular weight excluding hydrogens is 278 g/mol. The molecule has 0 bridgehead atoms. The molecule has 1 aliphatic heterocycles. The number of ether oxygens (including phenoxy) is 1. The summed E-state index contributed by atoms with van der Waals surface area (Å²) in [6, 6.07) is 0. The van der Waals surface area contributed by atoms with Crippen LogP contribution in [0.3, 0.4) is 0 Å². The Labute approximate surface area is 123 Å². The molecule has 6 heteroatoms. The van der Waals surface area contributed by atoms with Crippen LogP contribution in [0.4, 0.5) is 5.82 Å². The minimum absolute atomic E-state index is 0.0220. The van der Waals surface area contributed by atoms with Crippen LogP contribution in [0.25, 0.3) is 0 Å². The molecule has 110 valence electrons. The van der Waals surface area contributed by atoms with Crippen LogP contribution in [0.15, 0.2) is 0 Å². The second-order valence-corrected chi connectivity index (χ2v) is 6.11. The fourth-order valence-electron chi connectivity index (χ4n) is 2.65.